The lowest BCUT2D eigenvalue weighted by Crippen LogP contribution is -2.37. The molecule has 4 N–H and O–H groups in total. The monoisotopic (exact) mass is 224 g/mol. The Morgan fingerprint density at radius 2 is 2.12 bits per heavy atom. The van der Waals surface area contributed by atoms with Crippen molar-refractivity contribution >= 4 is 11.9 Å². The highest BCUT2D eigenvalue weighted by Gasteiger charge is 2.28. The van der Waals surface area contributed by atoms with Crippen LogP contribution >= 0.6 is 0 Å². The summed E-state index contributed by atoms with van der Waals surface area (Å²) >= 11 is 0. The van der Waals surface area contributed by atoms with Crippen LogP contribution in [-0.2, 0) is 9.59 Å². The molecule has 1 aromatic rings. The van der Waals surface area contributed by atoms with Crippen LogP contribution in [0, 0.1) is 0 Å². The molecule has 1 heterocycles. The Labute approximate surface area is 91.7 Å². The van der Waals surface area contributed by atoms with Crippen molar-refractivity contribution < 1.29 is 19.8 Å². The molecule has 0 aliphatic carbocycles. The number of nitrogens with zero attached hydrogens (tertiary/aromatic N) is 1. The van der Waals surface area contributed by atoms with Crippen molar-refractivity contribution in [1.29, 1.82) is 0 Å². The standard InChI is InChI=1S/C10H12N2O4/c11-9(10(15)16)7(4-8(13)14)6-2-1-3-12-5-6/h1-3,5,7,9H,4,11H2,(H,13,14)(H,15,16). The van der Waals surface area contributed by atoms with Gasteiger partial charge in [-0.25, -0.2) is 0 Å². The van der Waals surface area contributed by atoms with Crippen LogP contribution in [0.5, 0.6) is 0 Å². The van der Waals surface area contributed by atoms with Gasteiger partial charge < -0.3 is 15.9 Å². The topological polar surface area (TPSA) is 114 Å². The first-order chi connectivity index (χ1) is 7.52. The van der Waals surface area contributed by atoms with E-state index in [0.29, 0.717) is 5.56 Å². The summed E-state index contributed by atoms with van der Waals surface area (Å²) in [5.41, 5.74) is 5.96. The highest BCUT2D eigenvalue weighted by atomic mass is 16.4. The normalized spacial score (nSPS) is 14.1. The SMILES string of the molecule is NC(C(=O)O)C(CC(=O)O)c1cccnc1. The second-order valence-electron chi connectivity index (χ2n) is 3.35. The number of nitrogens with two attached hydrogens (primary N) is 1. The molecule has 0 aliphatic heterocycles. The van der Waals surface area contributed by atoms with Gasteiger partial charge in [-0.1, -0.05) is 6.07 Å². The predicted molar refractivity (Wildman–Crippen MR) is 54.8 cm³/mol. The van der Waals surface area contributed by atoms with Gasteiger partial charge in [0.25, 0.3) is 0 Å². The Hall–Kier alpha value is -1.95. The summed E-state index contributed by atoms with van der Waals surface area (Å²) in [5, 5.41) is 17.5. The molecular formula is C10H12N2O4. The fourth-order valence-corrected chi connectivity index (χ4v) is 1.41. The molecule has 0 radical (unpaired) electrons. The fourth-order valence-electron chi connectivity index (χ4n) is 1.41. The molecule has 0 saturated carbocycles. The summed E-state index contributed by atoms with van der Waals surface area (Å²) in [7, 11) is 0. The van der Waals surface area contributed by atoms with E-state index in [0.717, 1.165) is 0 Å². The van der Waals surface area contributed by atoms with Crippen molar-refractivity contribution in [3.63, 3.8) is 0 Å². The Kier molecular flexibility index (Phi) is 3.96. The number of pyridine rings is 1. The predicted octanol–water partition coefficient (Wildman–Crippen LogP) is 0.0518. The van der Waals surface area contributed by atoms with Crippen LogP contribution in [-0.4, -0.2) is 33.2 Å². The maximum absolute atomic E-state index is 10.8. The van der Waals surface area contributed by atoms with Crippen molar-refractivity contribution in [2.24, 2.45) is 5.73 Å². The molecule has 2 unspecified atom stereocenters. The Bertz CT molecular complexity index is 380. The van der Waals surface area contributed by atoms with Crippen LogP contribution in [0.25, 0.3) is 0 Å². The number of aliphatic carboxylic acids is 2. The number of rotatable bonds is 5. The lowest BCUT2D eigenvalue weighted by Gasteiger charge is -2.18. The second kappa shape index (κ2) is 5.22. The highest BCUT2D eigenvalue weighted by molar-refractivity contribution is 5.77. The third-order valence-electron chi connectivity index (χ3n) is 2.23. The van der Waals surface area contributed by atoms with E-state index in [1.807, 2.05) is 0 Å². The van der Waals surface area contributed by atoms with Crippen LogP contribution < -0.4 is 5.73 Å². The highest BCUT2D eigenvalue weighted by Crippen LogP contribution is 2.21. The van der Waals surface area contributed by atoms with E-state index >= 15 is 0 Å². The van der Waals surface area contributed by atoms with Crippen LogP contribution in [0.2, 0.25) is 0 Å². The van der Waals surface area contributed by atoms with E-state index in [-0.39, 0.29) is 6.42 Å². The summed E-state index contributed by atoms with van der Waals surface area (Å²) in [6, 6.07) is 1.97. The molecule has 86 valence electrons. The number of carbonyl (C=O) groups is 2. The summed E-state index contributed by atoms with van der Waals surface area (Å²) in [5.74, 6) is -3.09. The van der Waals surface area contributed by atoms with Crippen molar-refractivity contribution in [3.8, 4) is 0 Å². The smallest absolute Gasteiger partial charge is 0.321 e. The molecule has 0 fully saturated rings. The lowest BCUT2D eigenvalue weighted by atomic mass is 9.90. The van der Waals surface area contributed by atoms with Crippen molar-refractivity contribution in [1.82, 2.24) is 4.98 Å². The number of carboxylic acid groups (broad SMARTS) is 2. The maximum atomic E-state index is 10.8. The lowest BCUT2D eigenvalue weighted by molar-refractivity contribution is -0.140. The first-order valence-corrected chi connectivity index (χ1v) is 4.62. The summed E-state index contributed by atoms with van der Waals surface area (Å²) in [6.45, 7) is 0. The van der Waals surface area contributed by atoms with Gasteiger partial charge in [-0.3, -0.25) is 14.6 Å². The van der Waals surface area contributed by atoms with Gasteiger partial charge in [-0.2, -0.15) is 0 Å². The van der Waals surface area contributed by atoms with Crippen LogP contribution in [0.4, 0.5) is 0 Å². The molecule has 0 amide bonds. The summed E-state index contributed by atoms with van der Waals surface area (Å²) < 4.78 is 0. The molecule has 16 heavy (non-hydrogen) atoms. The third-order valence-corrected chi connectivity index (χ3v) is 2.23. The quantitative estimate of drug-likeness (QED) is 0.651. The molecule has 0 bridgehead atoms. The zero-order chi connectivity index (χ0) is 12.1. The molecule has 0 saturated heterocycles. The van der Waals surface area contributed by atoms with Crippen LogP contribution in [0.15, 0.2) is 24.5 Å². The number of hydrogen-bond acceptors (Lipinski definition) is 4. The van der Waals surface area contributed by atoms with E-state index in [4.69, 9.17) is 15.9 Å². The molecule has 0 aliphatic rings. The molecule has 6 heteroatoms. The number of carboxylic acids is 2. The largest absolute Gasteiger partial charge is 0.481 e. The van der Waals surface area contributed by atoms with Gasteiger partial charge in [-0.05, 0) is 11.6 Å². The van der Waals surface area contributed by atoms with Crippen molar-refractivity contribution in [3.05, 3.63) is 30.1 Å². The van der Waals surface area contributed by atoms with Crippen LogP contribution in [0.1, 0.15) is 17.9 Å². The average Bonchev–Trinajstić information content (AvgIpc) is 2.26. The van der Waals surface area contributed by atoms with E-state index in [1.165, 1.54) is 12.4 Å². The third kappa shape index (κ3) is 3.03. The Morgan fingerprint density at radius 1 is 1.44 bits per heavy atom. The maximum Gasteiger partial charge on any atom is 0.321 e. The fraction of sp³-hybridized carbons (Fsp3) is 0.300. The second-order valence-corrected chi connectivity index (χ2v) is 3.35. The first kappa shape index (κ1) is 12.1. The molecular weight excluding hydrogens is 212 g/mol. The van der Waals surface area contributed by atoms with Gasteiger partial charge in [0, 0.05) is 18.3 Å². The Morgan fingerprint density at radius 3 is 2.56 bits per heavy atom. The van der Waals surface area contributed by atoms with Crippen molar-refractivity contribution in [2.45, 2.75) is 18.4 Å². The molecule has 1 aromatic heterocycles. The van der Waals surface area contributed by atoms with E-state index < -0.39 is 23.9 Å². The molecule has 6 nitrogen and oxygen atoms in total. The van der Waals surface area contributed by atoms with Gasteiger partial charge in [-0.15, -0.1) is 0 Å². The number of aromatic nitrogens is 1. The first-order valence-electron chi connectivity index (χ1n) is 4.62. The minimum Gasteiger partial charge on any atom is -0.481 e. The molecule has 2 atom stereocenters. The average molecular weight is 224 g/mol. The zero-order valence-corrected chi connectivity index (χ0v) is 8.41. The number of hydrogen-bond donors (Lipinski definition) is 3. The van der Waals surface area contributed by atoms with E-state index in [2.05, 4.69) is 4.98 Å². The van der Waals surface area contributed by atoms with Gasteiger partial charge in [0.15, 0.2) is 0 Å². The van der Waals surface area contributed by atoms with Crippen molar-refractivity contribution in [2.75, 3.05) is 0 Å². The molecule has 0 spiro atoms. The minimum absolute atomic E-state index is 0.334. The van der Waals surface area contributed by atoms with E-state index in [9.17, 15) is 9.59 Å². The summed E-state index contributed by atoms with van der Waals surface area (Å²) in [4.78, 5) is 25.2. The van der Waals surface area contributed by atoms with Gasteiger partial charge >= 0.3 is 11.9 Å². The van der Waals surface area contributed by atoms with E-state index in [1.54, 1.807) is 12.1 Å². The van der Waals surface area contributed by atoms with Crippen LogP contribution in [0.3, 0.4) is 0 Å². The zero-order valence-electron chi connectivity index (χ0n) is 8.41. The molecule has 1 rings (SSSR count). The Balaban J connectivity index is 2.96. The van der Waals surface area contributed by atoms with Gasteiger partial charge in [0.05, 0.1) is 6.42 Å². The molecule has 0 aromatic carbocycles. The summed E-state index contributed by atoms with van der Waals surface area (Å²) in [6.07, 6.45) is 2.61. The minimum atomic E-state index is -1.25. The van der Waals surface area contributed by atoms with Gasteiger partial charge in [0.1, 0.15) is 6.04 Å². The van der Waals surface area contributed by atoms with Gasteiger partial charge in [0.2, 0.25) is 0 Å².